The van der Waals surface area contributed by atoms with Gasteiger partial charge < -0.3 is 9.84 Å². The van der Waals surface area contributed by atoms with E-state index in [1.165, 1.54) is 5.32 Å². The zero-order valence-corrected chi connectivity index (χ0v) is 13.3. The number of hydrogen-bond acceptors (Lipinski definition) is 3. The van der Waals surface area contributed by atoms with Gasteiger partial charge in [0.1, 0.15) is 6.61 Å². The van der Waals surface area contributed by atoms with Gasteiger partial charge in [0, 0.05) is 5.92 Å². The lowest BCUT2D eigenvalue weighted by Crippen LogP contribution is -2.50. The Labute approximate surface area is 146 Å². The molecule has 0 fully saturated rings. The normalized spacial score (nSPS) is 14.3. The monoisotopic (exact) mass is 365 g/mol. The second kappa shape index (κ2) is 6.70. The first kappa shape index (κ1) is 17.8. The standard InChI is InChI=1S/C18H14F3NO4/c19-18(20,21)15(16(23)24)22-17(25)26-9-14-12-7-3-1-5-10(12)11-6-2-4-8-13(11)14/h1-8,14-15H,9H2,(H,22,25)(H,23,24)/t15-/m1/s1. The number of halogens is 3. The van der Waals surface area contributed by atoms with Crippen LogP contribution in [0, 0.1) is 0 Å². The summed E-state index contributed by atoms with van der Waals surface area (Å²) in [6.07, 6.45) is -6.55. The van der Waals surface area contributed by atoms with Crippen LogP contribution in [0.3, 0.4) is 0 Å². The molecular formula is C18H14F3NO4. The fourth-order valence-corrected chi connectivity index (χ4v) is 3.04. The Balaban J connectivity index is 1.74. The maximum Gasteiger partial charge on any atom is 0.419 e. The maximum absolute atomic E-state index is 12.6. The van der Waals surface area contributed by atoms with Gasteiger partial charge >= 0.3 is 18.2 Å². The number of carbonyl (C=O) groups excluding carboxylic acids is 1. The van der Waals surface area contributed by atoms with Crippen molar-refractivity contribution in [3.63, 3.8) is 0 Å². The molecule has 0 bridgehead atoms. The number of ether oxygens (including phenoxy) is 1. The predicted molar refractivity (Wildman–Crippen MR) is 85.7 cm³/mol. The lowest BCUT2D eigenvalue weighted by Gasteiger charge is -2.19. The number of carbonyl (C=O) groups is 2. The summed E-state index contributed by atoms with van der Waals surface area (Å²) in [7, 11) is 0. The molecule has 2 aromatic rings. The van der Waals surface area contributed by atoms with Crippen molar-refractivity contribution in [2.45, 2.75) is 18.1 Å². The number of alkyl carbamates (subject to hydrolysis) is 1. The third-order valence-corrected chi connectivity index (χ3v) is 4.18. The maximum atomic E-state index is 12.6. The van der Waals surface area contributed by atoms with E-state index < -0.39 is 24.3 Å². The third kappa shape index (κ3) is 3.35. The van der Waals surface area contributed by atoms with Crippen LogP contribution in [-0.4, -0.2) is 36.0 Å². The molecule has 1 aliphatic carbocycles. The summed E-state index contributed by atoms with van der Waals surface area (Å²) < 4.78 is 42.7. The number of fused-ring (bicyclic) bond motifs is 3. The van der Waals surface area contributed by atoms with Gasteiger partial charge in [0.25, 0.3) is 0 Å². The molecule has 0 aromatic heterocycles. The minimum Gasteiger partial charge on any atom is -0.479 e. The van der Waals surface area contributed by atoms with Gasteiger partial charge in [-0.2, -0.15) is 13.2 Å². The van der Waals surface area contributed by atoms with Crippen LogP contribution < -0.4 is 5.32 Å². The summed E-state index contributed by atoms with van der Waals surface area (Å²) in [6, 6.07) is 11.9. The molecule has 136 valence electrons. The van der Waals surface area contributed by atoms with Crippen LogP contribution in [0.25, 0.3) is 11.1 Å². The van der Waals surface area contributed by atoms with Crippen LogP contribution in [0.5, 0.6) is 0 Å². The number of amides is 1. The molecule has 1 aliphatic rings. The zero-order valence-electron chi connectivity index (χ0n) is 13.3. The molecular weight excluding hydrogens is 351 g/mol. The van der Waals surface area contributed by atoms with Crippen molar-refractivity contribution in [2.24, 2.45) is 0 Å². The molecule has 2 aromatic carbocycles. The number of aliphatic carboxylic acids is 1. The van der Waals surface area contributed by atoms with Crippen LogP contribution in [-0.2, 0) is 9.53 Å². The summed E-state index contributed by atoms with van der Waals surface area (Å²) in [6.45, 7) is -0.204. The van der Waals surface area contributed by atoms with Crippen molar-refractivity contribution in [3.8, 4) is 11.1 Å². The van der Waals surface area contributed by atoms with Gasteiger partial charge in [-0.25, -0.2) is 9.59 Å². The minimum atomic E-state index is -5.11. The summed E-state index contributed by atoms with van der Waals surface area (Å²) in [5.41, 5.74) is 3.73. The van der Waals surface area contributed by atoms with Crippen LogP contribution in [0.2, 0.25) is 0 Å². The lowest BCUT2D eigenvalue weighted by atomic mass is 9.98. The number of rotatable bonds is 4. The summed E-state index contributed by atoms with van der Waals surface area (Å²) in [4.78, 5) is 22.4. The smallest absolute Gasteiger partial charge is 0.419 e. The van der Waals surface area contributed by atoms with Crippen LogP contribution in [0.4, 0.5) is 18.0 Å². The topological polar surface area (TPSA) is 75.6 Å². The largest absolute Gasteiger partial charge is 0.479 e. The third-order valence-electron chi connectivity index (χ3n) is 4.18. The molecule has 0 saturated heterocycles. The number of alkyl halides is 3. The predicted octanol–water partition coefficient (Wildman–Crippen LogP) is 3.54. The second-order valence-corrected chi connectivity index (χ2v) is 5.78. The molecule has 2 N–H and O–H groups in total. The molecule has 0 unspecified atom stereocenters. The van der Waals surface area contributed by atoms with E-state index >= 15 is 0 Å². The molecule has 0 heterocycles. The SMILES string of the molecule is O=C(N[C@H](C(=O)O)C(F)(F)F)OCC1c2ccccc2-c2ccccc21. The molecule has 0 aliphatic heterocycles. The number of carboxylic acid groups (broad SMARTS) is 1. The zero-order chi connectivity index (χ0) is 18.9. The molecule has 1 atom stereocenters. The first-order valence-electron chi connectivity index (χ1n) is 7.70. The first-order chi connectivity index (χ1) is 12.3. The van der Waals surface area contributed by atoms with E-state index in [1.54, 1.807) is 0 Å². The molecule has 1 amide bonds. The quantitative estimate of drug-likeness (QED) is 0.869. The molecule has 5 nitrogen and oxygen atoms in total. The summed E-state index contributed by atoms with van der Waals surface area (Å²) >= 11 is 0. The van der Waals surface area contributed by atoms with Crippen molar-refractivity contribution >= 4 is 12.1 Å². The van der Waals surface area contributed by atoms with E-state index in [0.717, 1.165) is 22.3 Å². The highest BCUT2D eigenvalue weighted by atomic mass is 19.4. The number of carboxylic acids is 1. The molecule has 0 saturated carbocycles. The minimum absolute atomic E-state index is 0.204. The average molecular weight is 365 g/mol. The summed E-state index contributed by atoms with van der Waals surface area (Å²) in [5, 5.41) is 9.95. The number of hydrogen-bond donors (Lipinski definition) is 2. The molecule has 26 heavy (non-hydrogen) atoms. The van der Waals surface area contributed by atoms with Gasteiger partial charge in [-0.1, -0.05) is 48.5 Å². The Kier molecular flexibility index (Phi) is 4.58. The van der Waals surface area contributed by atoms with E-state index in [1.807, 2.05) is 48.5 Å². The van der Waals surface area contributed by atoms with Gasteiger partial charge in [-0.3, -0.25) is 5.32 Å². The highest BCUT2D eigenvalue weighted by Crippen LogP contribution is 2.44. The van der Waals surface area contributed by atoms with Gasteiger partial charge in [-0.15, -0.1) is 0 Å². The van der Waals surface area contributed by atoms with E-state index in [4.69, 9.17) is 9.84 Å². The fourth-order valence-electron chi connectivity index (χ4n) is 3.04. The van der Waals surface area contributed by atoms with E-state index in [0.29, 0.717) is 0 Å². The molecule has 0 radical (unpaired) electrons. The van der Waals surface area contributed by atoms with Gasteiger partial charge in [0.15, 0.2) is 0 Å². The van der Waals surface area contributed by atoms with Gasteiger partial charge in [-0.05, 0) is 22.3 Å². The van der Waals surface area contributed by atoms with Gasteiger partial charge in [0.2, 0.25) is 6.04 Å². The Morgan fingerprint density at radius 2 is 1.54 bits per heavy atom. The Hall–Kier alpha value is -3.03. The highest BCUT2D eigenvalue weighted by Gasteiger charge is 2.46. The molecule has 3 rings (SSSR count). The van der Waals surface area contributed by atoms with Crippen molar-refractivity contribution < 1.29 is 32.6 Å². The lowest BCUT2D eigenvalue weighted by molar-refractivity contribution is -0.178. The average Bonchev–Trinajstić information content (AvgIpc) is 2.91. The van der Waals surface area contributed by atoms with E-state index in [2.05, 4.69) is 0 Å². The Morgan fingerprint density at radius 3 is 2.00 bits per heavy atom. The van der Waals surface area contributed by atoms with Crippen molar-refractivity contribution in [1.29, 1.82) is 0 Å². The number of nitrogens with one attached hydrogen (secondary N) is 1. The Bertz CT molecular complexity index is 805. The van der Waals surface area contributed by atoms with Gasteiger partial charge in [0.05, 0.1) is 0 Å². The van der Waals surface area contributed by atoms with Crippen LogP contribution in [0.15, 0.2) is 48.5 Å². The van der Waals surface area contributed by atoms with Crippen molar-refractivity contribution in [2.75, 3.05) is 6.61 Å². The van der Waals surface area contributed by atoms with E-state index in [9.17, 15) is 22.8 Å². The Morgan fingerprint density at radius 1 is 1.04 bits per heavy atom. The van der Waals surface area contributed by atoms with E-state index in [-0.39, 0.29) is 12.5 Å². The fraction of sp³-hybridized carbons (Fsp3) is 0.222. The van der Waals surface area contributed by atoms with Crippen molar-refractivity contribution in [1.82, 2.24) is 5.32 Å². The molecule has 8 heteroatoms. The second-order valence-electron chi connectivity index (χ2n) is 5.78. The molecule has 0 spiro atoms. The highest BCUT2D eigenvalue weighted by molar-refractivity contribution is 5.81. The first-order valence-corrected chi connectivity index (χ1v) is 7.70. The summed E-state index contributed by atoms with van der Waals surface area (Å²) in [5.74, 6) is -2.53. The van der Waals surface area contributed by atoms with Crippen LogP contribution >= 0.6 is 0 Å². The number of benzene rings is 2. The van der Waals surface area contributed by atoms with Crippen LogP contribution in [0.1, 0.15) is 17.0 Å². The van der Waals surface area contributed by atoms with Crippen molar-refractivity contribution in [3.05, 3.63) is 59.7 Å².